The molecule has 2 atom stereocenters. The lowest BCUT2D eigenvalue weighted by Crippen LogP contribution is -2.40. The molecule has 0 spiro atoms. The van der Waals surface area contributed by atoms with Crippen molar-refractivity contribution >= 4 is 0 Å². The van der Waals surface area contributed by atoms with Gasteiger partial charge in [-0.3, -0.25) is 4.90 Å². The van der Waals surface area contributed by atoms with Gasteiger partial charge >= 0.3 is 0 Å². The fourth-order valence-electron chi connectivity index (χ4n) is 2.28. The second-order valence-electron chi connectivity index (χ2n) is 5.55. The van der Waals surface area contributed by atoms with Crippen molar-refractivity contribution in [2.45, 2.75) is 45.9 Å². The molecule has 0 bridgehead atoms. The molecule has 3 heteroatoms. The third-order valence-electron chi connectivity index (χ3n) is 3.62. The standard InChI is InChI=1S/C18H27NO2/c1-5-10-21-14-18(20)13-19(16(4)6-2)12-17-9-7-8-15(3)11-17/h1,7-9,11,16,18,20H,6,10,12-14H2,2-4H3/t16-,18+/m1/s1. The van der Waals surface area contributed by atoms with E-state index in [2.05, 4.69) is 55.9 Å². The van der Waals surface area contributed by atoms with E-state index in [4.69, 9.17) is 11.2 Å². The number of hydrogen-bond donors (Lipinski definition) is 1. The molecule has 116 valence electrons. The molecule has 0 saturated heterocycles. The molecule has 0 aliphatic carbocycles. The van der Waals surface area contributed by atoms with Crippen molar-refractivity contribution in [2.75, 3.05) is 19.8 Å². The van der Waals surface area contributed by atoms with Crippen LogP contribution in [0.15, 0.2) is 24.3 Å². The molecule has 0 saturated carbocycles. The van der Waals surface area contributed by atoms with Crippen molar-refractivity contribution in [3.05, 3.63) is 35.4 Å². The van der Waals surface area contributed by atoms with Crippen LogP contribution in [0.3, 0.4) is 0 Å². The van der Waals surface area contributed by atoms with Gasteiger partial charge in [0.05, 0.1) is 12.7 Å². The lowest BCUT2D eigenvalue weighted by molar-refractivity contribution is 0.0170. The summed E-state index contributed by atoms with van der Waals surface area (Å²) in [5.74, 6) is 2.41. The lowest BCUT2D eigenvalue weighted by atomic mass is 10.1. The van der Waals surface area contributed by atoms with Crippen molar-refractivity contribution in [3.63, 3.8) is 0 Å². The van der Waals surface area contributed by atoms with Gasteiger partial charge in [-0.2, -0.15) is 0 Å². The zero-order valence-corrected chi connectivity index (χ0v) is 13.4. The molecule has 1 aromatic carbocycles. The molecule has 0 radical (unpaired) electrons. The van der Waals surface area contributed by atoms with E-state index in [9.17, 15) is 5.11 Å². The van der Waals surface area contributed by atoms with E-state index in [0.29, 0.717) is 12.6 Å². The van der Waals surface area contributed by atoms with E-state index in [-0.39, 0.29) is 13.2 Å². The predicted molar refractivity (Wildman–Crippen MR) is 87.0 cm³/mol. The Hall–Kier alpha value is -1.34. The molecule has 0 aromatic heterocycles. The molecule has 1 rings (SSSR count). The quantitative estimate of drug-likeness (QED) is 0.560. The Morgan fingerprint density at radius 2 is 2.19 bits per heavy atom. The predicted octanol–water partition coefficient (Wildman–Crippen LogP) is 2.61. The van der Waals surface area contributed by atoms with E-state index in [0.717, 1.165) is 13.0 Å². The van der Waals surface area contributed by atoms with Crippen LogP contribution in [-0.2, 0) is 11.3 Å². The van der Waals surface area contributed by atoms with Gasteiger partial charge in [0.2, 0.25) is 0 Å². The summed E-state index contributed by atoms with van der Waals surface area (Å²) in [6.07, 6.45) is 5.66. The van der Waals surface area contributed by atoms with Crippen LogP contribution in [0.25, 0.3) is 0 Å². The molecule has 0 heterocycles. The highest BCUT2D eigenvalue weighted by molar-refractivity contribution is 5.22. The number of nitrogens with zero attached hydrogens (tertiary/aromatic N) is 1. The van der Waals surface area contributed by atoms with Crippen molar-refractivity contribution in [2.24, 2.45) is 0 Å². The molecule has 1 N–H and O–H groups in total. The lowest BCUT2D eigenvalue weighted by Gasteiger charge is -2.30. The number of aliphatic hydroxyl groups is 1. The molecule has 0 aliphatic rings. The summed E-state index contributed by atoms with van der Waals surface area (Å²) in [7, 11) is 0. The minimum Gasteiger partial charge on any atom is -0.389 e. The normalized spacial score (nSPS) is 13.9. The highest BCUT2D eigenvalue weighted by atomic mass is 16.5. The zero-order valence-electron chi connectivity index (χ0n) is 13.4. The van der Waals surface area contributed by atoms with E-state index in [1.165, 1.54) is 11.1 Å². The molecule has 1 aromatic rings. The highest BCUT2D eigenvalue weighted by Crippen LogP contribution is 2.13. The molecule has 0 unspecified atom stereocenters. The third kappa shape index (κ3) is 6.77. The van der Waals surface area contributed by atoms with E-state index < -0.39 is 6.10 Å². The summed E-state index contributed by atoms with van der Waals surface area (Å²) in [6, 6.07) is 8.90. The Morgan fingerprint density at radius 1 is 1.43 bits per heavy atom. The number of benzene rings is 1. The van der Waals surface area contributed by atoms with Gasteiger partial charge < -0.3 is 9.84 Å². The van der Waals surface area contributed by atoms with E-state index in [1.54, 1.807) is 0 Å². The highest BCUT2D eigenvalue weighted by Gasteiger charge is 2.17. The van der Waals surface area contributed by atoms with Crippen LogP contribution < -0.4 is 0 Å². The van der Waals surface area contributed by atoms with E-state index in [1.807, 2.05) is 0 Å². The molecule has 21 heavy (non-hydrogen) atoms. The van der Waals surface area contributed by atoms with Crippen molar-refractivity contribution in [3.8, 4) is 12.3 Å². The molecular weight excluding hydrogens is 262 g/mol. The van der Waals surface area contributed by atoms with Crippen LogP contribution in [0, 0.1) is 19.3 Å². The summed E-state index contributed by atoms with van der Waals surface area (Å²) < 4.78 is 5.22. The summed E-state index contributed by atoms with van der Waals surface area (Å²) in [5, 5.41) is 10.1. The van der Waals surface area contributed by atoms with Crippen LogP contribution >= 0.6 is 0 Å². The fourth-order valence-corrected chi connectivity index (χ4v) is 2.28. The Bertz CT molecular complexity index is 453. The summed E-state index contributed by atoms with van der Waals surface area (Å²) >= 11 is 0. The largest absolute Gasteiger partial charge is 0.389 e. The van der Waals surface area contributed by atoms with Gasteiger partial charge in [0.1, 0.15) is 6.61 Å². The van der Waals surface area contributed by atoms with Gasteiger partial charge in [-0.15, -0.1) is 6.42 Å². The van der Waals surface area contributed by atoms with Crippen LogP contribution in [0.2, 0.25) is 0 Å². The van der Waals surface area contributed by atoms with Crippen LogP contribution in [-0.4, -0.2) is 41.9 Å². The van der Waals surface area contributed by atoms with Crippen molar-refractivity contribution in [1.82, 2.24) is 4.90 Å². The first-order valence-corrected chi connectivity index (χ1v) is 7.55. The Labute approximate surface area is 128 Å². The minimum absolute atomic E-state index is 0.248. The molecule has 0 amide bonds. The van der Waals surface area contributed by atoms with Crippen LogP contribution in [0.4, 0.5) is 0 Å². The number of aryl methyl sites for hydroxylation is 1. The first-order chi connectivity index (χ1) is 10.1. The average Bonchev–Trinajstić information content (AvgIpc) is 2.46. The van der Waals surface area contributed by atoms with E-state index >= 15 is 0 Å². The molecule has 0 fully saturated rings. The topological polar surface area (TPSA) is 32.7 Å². The van der Waals surface area contributed by atoms with Gasteiger partial charge in [0.15, 0.2) is 0 Å². The second-order valence-corrected chi connectivity index (χ2v) is 5.55. The molecule has 3 nitrogen and oxygen atoms in total. The Kier molecular flexibility index (Phi) is 8.07. The van der Waals surface area contributed by atoms with Gasteiger partial charge in [-0.1, -0.05) is 42.7 Å². The second kappa shape index (κ2) is 9.57. The van der Waals surface area contributed by atoms with Crippen molar-refractivity contribution < 1.29 is 9.84 Å². The minimum atomic E-state index is -0.517. The first-order valence-electron chi connectivity index (χ1n) is 7.55. The number of terminal acetylenes is 1. The smallest absolute Gasteiger partial charge is 0.107 e. The summed E-state index contributed by atoms with van der Waals surface area (Å²) in [5.41, 5.74) is 2.53. The number of ether oxygens (including phenoxy) is 1. The third-order valence-corrected chi connectivity index (χ3v) is 3.62. The van der Waals surface area contributed by atoms with Crippen LogP contribution in [0.5, 0.6) is 0 Å². The van der Waals surface area contributed by atoms with Gasteiger partial charge in [0.25, 0.3) is 0 Å². The zero-order chi connectivity index (χ0) is 15.7. The summed E-state index contributed by atoms with van der Waals surface area (Å²) in [4.78, 5) is 2.29. The monoisotopic (exact) mass is 289 g/mol. The maximum Gasteiger partial charge on any atom is 0.107 e. The Morgan fingerprint density at radius 3 is 2.81 bits per heavy atom. The molecule has 0 aliphatic heterocycles. The molecular formula is C18H27NO2. The number of rotatable bonds is 9. The van der Waals surface area contributed by atoms with Crippen molar-refractivity contribution in [1.29, 1.82) is 0 Å². The SMILES string of the molecule is C#CCOC[C@@H](O)CN(Cc1cccc(C)c1)[C@H](C)CC. The maximum absolute atomic E-state index is 10.1. The number of hydrogen-bond acceptors (Lipinski definition) is 3. The average molecular weight is 289 g/mol. The van der Waals surface area contributed by atoms with Gasteiger partial charge in [0, 0.05) is 19.1 Å². The number of aliphatic hydroxyl groups excluding tert-OH is 1. The first kappa shape index (κ1) is 17.7. The Balaban J connectivity index is 2.61. The van der Waals surface area contributed by atoms with Gasteiger partial charge in [-0.05, 0) is 25.8 Å². The maximum atomic E-state index is 10.1. The summed E-state index contributed by atoms with van der Waals surface area (Å²) in [6.45, 7) is 8.40. The fraction of sp³-hybridized carbons (Fsp3) is 0.556. The van der Waals surface area contributed by atoms with Crippen LogP contribution in [0.1, 0.15) is 31.4 Å². The van der Waals surface area contributed by atoms with Gasteiger partial charge in [-0.25, -0.2) is 0 Å².